The number of fused-ring (bicyclic) bond motifs is 1. The molecule has 1 aliphatic carbocycles. The van der Waals surface area contributed by atoms with Gasteiger partial charge in [0.1, 0.15) is 0 Å². The van der Waals surface area contributed by atoms with Gasteiger partial charge in [0.15, 0.2) is 0 Å². The fourth-order valence-electron chi connectivity index (χ4n) is 2.77. The summed E-state index contributed by atoms with van der Waals surface area (Å²) in [6, 6.07) is 0. The van der Waals surface area contributed by atoms with Crippen LogP contribution in [-0.4, -0.2) is 31.3 Å². The van der Waals surface area contributed by atoms with Crippen molar-refractivity contribution in [2.75, 3.05) is 26.4 Å². The van der Waals surface area contributed by atoms with Crippen molar-refractivity contribution >= 4 is 11.8 Å². The van der Waals surface area contributed by atoms with Crippen LogP contribution in [0.5, 0.6) is 0 Å². The Morgan fingerprint density at radius 2 is 2.23 bits per heavy atom. The van der Waals surface area contributed by atoms with Crippen LogP contribution in [0.15, 0.2) is 11.0 Å². The molecule has 0 aromatic rings. The summed E-state index contributed by atoms with van der Waals surface area (Å²) >= 11 is 1.95. The van der Waals surface area contributed by atoms with E-state index in [4.69, 9.17) is 0 Å². The van der Waals surface area contributed by atoms with Crippen molar-refractivity contribution in [3.05, 3.63) is 11.0 Å². The molecule has 2 aliphatic rings. The molecule has 2 rings (SSSR count). The molecule has 1 aliphatic heterocycles. The Morgan fingerprint density at radius 3 is 2.92 bits per heavy atom. The van der Waals surface area contributed by atoms with Gasteiger partial charge in [-0.15, -0.1) is 11.8 Å². The molecule has 1 saturated heterocycles. The second-order valence-corrected chi connectivity index (χ2v) is 5.43. The fourth-order valence-corrected chi connectivity index (χ4v) is 3.58. The van der Waals surface area contributed by atoms with Gasteiger partial charge in [0.25, 0.3) is 0 Å². The highest BCUT2D eigenvalue weighted by Gasteiger charge is 2.34. The van der Waals surface area contributed by atoms with Crippen molar-refractivity contribution in [1.82, 2.24) is 4.90 Å². The second-order valence-electron chi connectivity index (χ2n) is 4.56. The Hall–Kier alpha value is 0.0500. The van der Waals surface area contributed by atoms with E-state index in [1.807, 2.05) is 11.8 Å². The molecule has 1 heterocycles. The number of hydrogen-bond donors (Lipinski definition) is 0. The van der Waals surface area contributed by atoms with Crippen LogP contribution in [0.25, 0.3) is 0 Å². The zero-order valence-corrected chi connectivity index (χ0v) is 9.60. The zero-order chi connectivity index (χ0) is 9.42. The van der Waals surface area contributed by atoms with Gasteiger partial charge >= 0.3 is 0 Å². The van der Waals surface area contributed by atoms with Gasteiger partial charge in [0.2, 0.25) is 0 Å². The third-order valence-electron chi connectivity index (χ3n) is 3.43. The van der Waals surface area contributed by atoms with E-state index in [9.17, 15) is 0 Å². The molecule has 0 amide bonds. The van der Waals surface area contributed by atoms with E-state index < -0.39 is 0 Å². The maximum atomic E-state index is 2.53. The van der Waals surface area contributed by atoms with Crippen LogP contribution in [-0.2, 0) is 0 Å². The minimum absolute atomic E-state index is 0.808. The van der Waals surface area contributed by atoms with Gasteiger partial charge in [-0.2, -0.15) is 0 Å². The number of hydrogen-bond acceptors (Lipinski definition) is 2. The third kappa shape index (κ3) is 1.79. The van der Waals surface area contributed by atoms with Crippen LogP contribution >= 0.6 is 11.8 Å². The molecular weight excluding hydrogens is 178 g/mol. The van der Waals surface area contributed by atoms with E-state index in [-0.39, 0.29) is 0 Å². The number of likely N-dealkylation sites (tertiary alicyclic amines) is 1. The molecule has 13 heavy (non-hydrogen) atoms. The molecule has 0 spiro atoms. The summed E-state index contributed by atoms with van der Waals surface area (Å²) < 4.78 is 0. The molecule has 0 radical (unpaired) electrons. The number of rotatable bonds is 1. The van der Waals surface area contributed by atoms with E-state index in [1.54, 1.807) is 4.91 Å². The van der Waals surface area contributed by atoms with Gasteiger partial charge in [-0.25, -0.2) is 0 Å². The Morgan fingerprint density at radius 1 is 1.46 bits per heavy atom. The molecule has 0 aromatic carbocycles. The van der Waals surface area contributed by atoms with Crippen LogP contribution in [0.2, 0.25) is 0 Å². The summed E-state index contributed by atoms with van der Waals surface area (Å²) in [5.41, 5.74) is 0. The van der Waals surface area contributed by atoms with E-state index in [2.05, 4.69) is 31.2 Å². The standard InChI is InChI=1S/C11H19NS/c1-8-4-9-6-12(2)7-10(9)5-11(8)13-3/h5,8-10H,4,6-7H2,1-3H3/t8-,9+,10+/m1/s1. The van der Waals surface area contributed by atoms with Crippen LogP contribution in [0.1, 0.15) is 13.3 Å². The summed E-state index contributed by atoms with van der Waals surface area (Å²) in [5, 5.41) is 0. The predicted octanol–water partition coefficient (Wildman–Crippen LogP) is 2.45. The molecule has 3 atom stereocenters. The van der Waals surface area contributed by atoms with E-state index in [0.29, 0.717) is 0 Å². The van der Waals surface area contributed by atoms with Crippen molar-refractivity contribution in [2.45, 2.75) is 13.3 Å². The minimum atomic E-state index is 0.808. The highest BCUT2D eigenvalue weighted by Crippen LogP contribution is 2.40. The molecular formula is C11H19NS. The molecule has 0 N–H and O–H groups in total. The average Bonchev–Trinajstić information content (AvgIpc) is 2.42. The van der Waals surface area contributed by atoms with Crippen molar-refractivity contribution in [3.8, 4) is 0 Å². The van der Waals surface area contributed by atoms with Gasteiger partial charge in [0.05, 0.1) is 0 Å². The summed E-state index contributed by atoms with van der Waals surface area (Å²) in [6.45, 7) is 4.96. The lowest BCUT2D eigenvalue weighted by Crippen LogP contribution is -2.20. The molecule has 0 aromatic heterocycles. The minimum Gasteiger partial charge on any atom is -0.305 e. The lowest BCUT2D eigenvalue weighted by atomic mass is 9.82. The van der Waals surface area contributed by atoms with Gasteiger partial charge in [-0.05, 0) is 42.4 Å². The first-order valence-electron chi connectivity index (χ1n) is 5.15. The first-order chi connectivity index (χ1) is 6.20. The normalized spacial score (nSPS) is 40.2. The maximum absolute atomic E-state index is 2.53. The molecule has 1 fully saturated rings. The molecule has 74 valence electrons. The summed E-state index contributed by atoms with van der Waals surface area (Å²) in [5.74, 6) is 2.60. The number of allylic oxidation sites excluding steroid dienone is 1. The van der Waals surface area contributed by atoms with Crippen molar-refractivity contribution < 1.29 is 0 Å². The molecule has 1 nitrogen and oxygen atoms in total. The fraction of sp³-hybridized carbons (Fsp3) is 0.818. The van der Waals surface area contributed by atoms with E-state index in [1.165, 1.54) is 19.5 Å². The number of nitrogens with zero attached hydrogens (tertiary/aromatic N) is 1. The first kappa shape index (κ1) is 9.60. The summed E-state index contributed by atoms with van der Waals surface area (Å²) in [4.78, 5) is 4.10. The van der Waals surface area contributed by atoms with Crippen LogP contribution in [0.4, 0.5) is 0 Å². The third-order valence-corrected chi connectivity index (χ3v) is 4.44. The average molecular weight is 197 g/mol. The van der Waals surface area contributed by atoms with E-state index >= 15 is 0 Å². The smallest absolute Gasteiger partial charge is 0.00450 e. The number of thioether (sulfide) groups is 1. The highest BCUT2D eigenvalue weighted by atomic mass is 32.2. The lowest BCUT2D eigenvalue weighted by molar-refractivity contribution is 0.361. The Bertz CT molecular complexity index is 224. The van der Waals surface area contributed by atoms with Crippen molar-refractivity contribution in [3.63, 3.8) is 0 Å². The zero-order valence-electron chi connectivity index (χ0n) is 8.79. The molecule has 0 unspecified atom stereocenters. The molecule has 2 heteroatoms. The van der Waals surface area contributed by atoms with Gasteiger partial charge in [0, 0.05) is 13.1 Å². The Labute approximate surface area is 85.6 Å². The maximum Gasteiger partial charge on any atom is 0.00450 e. The topological polar surface area (TPSA) is 3.24 Å². The van der Waals surface area contributed by atoms with Crippen molar-refractivity contribution in [2.24, 2.45) is 17.8 Å². The van der Waals surface area contributed by atoms with E-state index in [0.717, 1.165) is 17.8 Å². The molecule has 0 bridgehead atoms. The van der Waals surface area contributed by atoms with Gasteiger partial charge in [-0.3, -0.25) is 0 Å². The SMILES string of the molecule is CSC1=C[C@H]2CN(C)C[C@@H]2C[C@H]1C. The van der Waals surface area contributed by atoms with Crippen molar-refractivity contribution in [1.29, 1.82) is 0 Å². The van der Waals surface area contributed by atoms with Gasteiger partial charge in [-0.1, -0.05) is 13.0 Å². The lowest BCUT2D eigenvalue weighted by Gasteiger charge is -2.27. The summed E-state index contributed by atoms with van der Waals surface area (Å²) in [7, 11) is 2.25. The van der Waals surface area contributed by atoms with Crippen LogP contribution in [0.3, 0.4) is 0 Å². The Balaban J connectivity index is 2.13. The first-order valence-corrected chi connectivity index (χ1v) is 6.37. The second kappa shape index (κ2) is 3.66. The summed E-state index contributed by atoms with van der Waals surface area (Å²) in [6.07, 6.45) is 6.15. The largest absolute Gasteiger partial charge is 0.305 e. The molecule has 0 saturated carbocycles. The quantitative estimate of drug-likeness (QED) is 0.635. The Kier molecular flexibility index (Phi) is 2.70. The monoisotopic (exact) mass is 197 g/mol. The predicted molar refractivity (Wildman–Crippen MR) is 59.9 cm³/mol. The van der Waals surface area contributed by atoms with Gasteiger partial charge < -0.3 is 4.90 Å². The van der Waals surface area contributed by atoms with Crippen LogP contribution in [0, 0.1) is 17.8 Å². The van der Waals surface area contributed by atoms with Crippen LogP contribution < -0.4 is 0 Å². The highest BCUT2D eigenvalue weighted by molar-refractivity contribution is 8.02.